The van der Waals surface area contributed by atoms with E-state index in [0.29, 0.717) is 5.56 Å². The second-order valence-electron chi connectivity index (χ2n) is 5.20. The summed E-state index contributed by atoms with van der Waals surface area (Å²) in [5, 5.41) is 17.7. The number of hydrogen-bond acceptors (Lipinski definition) is 3. The van der Waals surface area contributed by atoms with Crippen molar-refractivity contribution in [3.8, 4) is 11.1 Å². The van der Waals surface area contributed by atoms with Crippen LogP contribution in [0.5, 0.6) is 0 Å². The number of carbonyl (C=O) groups is 3. The molecule has 2 aromatic carbocycles. The summed E-state index contributed by atoms with van der Waals surface area (Å²) in [5.41, 5.74) is 2.34. The molecule has 118 valence electrons. The second-order valence-corrected chi connectivity index (χ2v) is 5.20. The lowest BCUT2D eigenvalue weighted by Gasteiger charge is -2.09. The molecule has 0 amide bonds. The maximum atomic E-state index is 12.1. The van der Waals surface area contributed by atoms with E-state index in [1.807, 2.05) is 30.3 Å². The van der Waals surface area contributed by atoms with Crippen LogP contribution in [0, 0.1) is 5.92 Å². The zero-order valence-electron chi connectivity index (χ0n) is 12.3. The monoisotopic (exact) mass is 312 g/mol. The van der Waals surface area contributed by atoms with Crippen LogP contribution >= 0.6 is 0 Å². The molecule has 0 aliphatic heterocycles. The van der Waals surface area contributed by atoms with E-state index in [2.05, 4.69) is 0 Å². The van der Waals surface area contributed by atoms with Crippen LogP contribution in [0.2, 0.25) is 0 Å². The lowest BCUT2D eigenvalue weighted by atomic mass is 9.94. The first-order chi connectivity index (χ1) is 11.0. The molecule has 0 saturated heterocycles. The molecule has 1 unspecified atom stereocenters. The smallest absolute Gasteiger partial charge is 0.307 e. The minimum atomic E-state index is -1.28. The van der Waals surface area contributed by atoms with Gasteiger partial charge in [0.25, 0.3) is 0 Å². The summed E-state index contributed by atoms with van der Waals surface area (Å²) in [6.45, 7) is 0. The SMILES string of the molecule is O=C(O)CC(CC(=O)c1ccc(-c2ccccc2)cc1)C(=O)O. The maximum absolute atomic E-state index is 12.1. The Labute approximate surface area is 133 Å². The highest BCUT2D eigenvalue weighted by Gasteiger charge is 2.24. The molecule has 0 radical (unpaired) electrons. The Balaban J connectivity index is 2.11. The van der Waals surface area contributed by atoms with E-state index in [9.17, 15) is 14.4 Å². The van der Waals surface area contributed by atoms with Crippen molar-refractivity contribution >= 4 is 17.7 Å². The van der Waals surface area contributed by atoms with Gasteiger partial charge in [-0.25, -0.2) is 0 Å². The van der Waals surface area contributed by atoms with E-state index >= 15 is 0 Å². The average molecular weight is 312 g/mol. The molecule has 0 fully saturated rings. The molecule has 5 heteroatoms. The van der Waals surface area contributed by atoms with Crippen molar-refractivity contribution in [2.24, 2.45) is 5.92 Å². The predicted octanol–water partition coefficient (Wildman–Crippen LogP) is 3.10. The summed E-state index contributed by atoms with van der Waals surface area (Å²) in [6, 6.07) is 16.5. The first-order valence-corrected chi connectivity index (χ1v) is 7.10. The van der Waals surface area contributed by atoms with Crippen LogP contribution in [0.4, 0.5) is 0 Å². The highest BCUT2D eigenvalue weighted by molar-refractivity contribution is 5.98. The van der Waals surface area contributed by atoms with Crippen molar-refractivity contribution in [1.82, 2.24) is 0 Å². The molecular formula is C18H16O5. The van der Waals surface area contributed by atoms with Gasteiger partial charge in [0.15, 0.2) is 5.78 Å². The van der Waals surface area contributed by atoms with Crippen LogP contribution in [0.25, 0.3) is 11.1 Å². The highest BCUT2D eigenvalue weighted by Crippen LogP contribution is 2.21. The van der Waals surface area contributed by atoms with Crippen molar-refractivity contribution in [2.75, 3.05) is 0 Å². The van der Waals surface area contributed by atoms with Crippen molar-refractivity contribution in [3.63, 3.8) is 0 Å². The third-order valence-corrected chi connectivity index (χ3v) is 3.52. The number of benzene rings is 2. The molecule has 5 nitrogen and oxygen atoms in total. The molecule has 2 rings (SSSR count). The van der Waals surface area contributed by atoms with Gasteiger partial charge in [0.2, 0.25) is 0 Å². The van der Waals surface area contributed by atoms with Crippen LogP contribution in [0.15, 0.2) is 54.6 Å². The number of aliphatic carboxylic acids is 2. The van der Waals surface area contributed by atoms with Crippen LogP contribution in [0.1, 0.15) is 23.2 Å². The standard InChI is InChI=1S/C18H16O5/c19-16(10-15(18(22)23)11-17(20)21)14-8-6-13(7-9-14)12-4-2-1-3-5-12/h1-9,15H,10-11H2,(H,20,21)(H,22,23). The molecule has 1 atom stereocenters. The van der Waals surface area contributed by atoms with Crippen LogP contribution in [-0.2, 0) is 9.59 Å². The van der Waals surface area contributed by atoms with E-state index in [4.69, 9.17) is 10.2 Å². The van der Waals surface area contributed by atoms with E-state index in [1.165, 1.54) is 0 Å². The van der Waals surface area contributed by atoms with Crippen molar-refractivity contribution < 1.29 is 24.6 Å². The topological polar surface area (TPSA) is 91.7 Å². The summed E-state index contributed by atoms with van der Waals surface area (Å²) in [7, 11) is 0. The Morgan fingerprint density at radius 3 is 1.87 bits per heavy atom. The fourth-order valence-electron chi connectivity index (χ4n) is 2.28. The molecule has 0 spiro atoms. The van der Waals surface area contributed by atoms with Gasteiger partial charge in [-0.3, -0.25) is 14.4 Å². The van der Waals surface area contributed by atoms with Gasteiger partial charge < -0.3 is 10.2 Å². The molecule has 0 saturated carbocycles. The van der Waals surface area contributed by atoms with Crippen LogP contribution in [0.3, 0.4) is 0 Å². The van der Waals surface area contributed by atoms with Crippen LogP contribution < -0.4 is 0 Å². The number of rotatable bonds is 7. The predicted molar refractivity (Wildman–Crippen MR) is 84.2 cm³/mol. The molecule has 23 heavy (non-hydrogen) atoms. The summed E-state index contributed by atoms with van der Waals surface area (Å²) >= 11 is 0. The number of ketones is 1. The fourth-order valence-corrected chi connectivity index (χ4v) is 2.28. The summed E-state index contributed by atoms with van der Waals surface area (Å²) < 4.78 is 0. The molecule has 0 aliphatic carbocycles. The maximum Gasteiger partial charge on any atom is 0.307 e. The Morgan fingerprint density at radius 2 is 1.35 bits per heavy atom. The number of Topliss-reactive ketones (excluding diaryl/α,β-unsaturated/α-hetero) is 1. The minimum Gasteiger partial charge on any atom is -0.481 e. The Kier molecular flexibility index (Phi) is 5.25. The van der Waals surface area contributed by atoms with Crippen LogP contribution in [-0.4, -0.2) is 27.9 Å². The Morgan fingerprint density at radius 1 is 0.783 bits per heavy atom. The summed E-state index contributed by atoms with van der Waals surface area (Å²) in [5.74, 6) is -4.10. The van der Waals surface area contributed by atoms with Gasteiger partial charge in [-0.05, 0) is 11.1 Å². The van der Waals surface area contributed by atoms with Gasteiger partial charge >= 0.3 is 11.9 Å². The quantitative estimate of drug-likeness (QED) is 0.766. The Bertz CT molecular complexity index is 704. The fraction of sp³-hybridized carbons (Fsp3) is 0.167. The number of carbonyl (C=O) groups excluding carboxylic acids is 1. The highest BCUT2D eigenvalue weighted by atomic mass is 16.4. The van der Waals surface area contributed by atoms with Crippen molar-refractivity contribution in [1.29, 1.82) is 0 Å². The van der Waals surface area contributed by atoms with Crippen molar-refractivity contribution in [3.05, 3.63) is 60.2 Å². The van der Waals surface area contributed by atoms with Gasteiger partial charge in [-0.1, -0.05) is 54.6 Å². The van der Waals surface area contributed by atoms with Gasteiger partial charge in [-0.15, -0.1) is 0 Å². The molecule has 0 aromatic heterocycles. The zero-order valence-corrected chi connectivity index (χ0v) is 12.3. The van der Waals surface area contributed by atoms with E-state index in [-0.39, 0.29) is 12.2 Å². The number of carboxylic acid groups (broad SMARTS) is 2. The third kappa shape index (κ3) is 4.51. The van der Waals surface area contributed by atoms with E-state index in [1.54, 1.807) is 24.3 Å². The van der Waals surface area contributed by atoms with Gasteiger partial charge in [0, 0.05) is 12.0 Å². The molecular weight excluding hydrogens is 296 g/mol. The average Bonchev–Trinajstić information content (AvgIpc) is 2.54. The molecule has 0 bridgehead atoms. The number of hydrogen-bond donors (Lipinski definition) is 2. The zero-order chi connectivity index (χ0) is 16.8. The summed E-state index contributed by atoms with van der Waals surface area (Å²) in [6.07, 6.45) is -0.893. The van der Waals surface area contributed by atoms with Gasteiger partial charge in [0.1, 0.15) is 0 Å². The minimum absolute atomic E-state index is 0.327. The lowest BCUT2D eigenvalue weighted by Crippen LogP contribution is -2.21. The van der Waals surface area contributed by atoms with Gasteiger partial charge in [-0.2, -0.15) is 0 Å². The second kappa shape index (κ2) is 7.35. The molecule has 2 N–H and O–H groups in total. The summed E-state index contributed by atoms with van der Waals surface area (Å²) in [4.78, 5) is 33.8. The Hall–Kier alpha value is -2.95. The van der Waals surface area contributed by atoms with Crippen molar-refractivity contribution in [2.45, 2.75) is 12.8 Å². The first kappa shape index (κ1) is 16.4. The first-order valence-electron chi connectivity index (χ1n) is 7.10. The normalized spacial score (nSPS) is 11.7. The lowest BCUT2D eigenvalue weighted by molar-refractivity contribution is -0.148. The van der Waals surface area contributed by atoms with Gasteiger partial charge in [0.05, 0.1) is 12.3 Å². The molecule has 0 aliphatic rings. The molecule has 2 aromatic rings. The van der Waals surface area contributed by atoms with E-state index < -0.39 is 24.3 Å². The van der Waals surface area contributed by atoms with E-state index in [0.717, 1.165) is 11.1 Å². The number of carboxylic acids is 2. The largest absolute Gasteiger partial charge is 0.481 e. The third-order valence-electron chi connectivity index (χ3n) is 3.52. The molecule has 0 heterocycles.